The van der Waals surface area contributed by atoms with Crippen LogP contribution >= 0.6 is 0 Å². The molecule has 146 valence electrons. The van der Waals surface area contributed by atoms with E-state index in [1.165, 1.54) is 49.7 Å². The minimum atomic E-state index is -1.39. The molecule has 2 amide bonds. The standard InChI is InChI=1S/C18H16FN3O6/c1-27-15-8-11(6-7-14(15)28-10-16(23)24)9-20-22-18(26)17(25)21-13-5-3-2-4-12(13)19/h2-9H,10H2,1H3,(H,21,25)(H,22,26)(H,23,24)/p-1/b20-9-. The number of hydrogen-bond acceptors (Lipinski definition) is 7. The van der Waals surface area contributed by atoms with E-state index in [1.807, 2.05) is 5.43 Å². The summed E-state index contributed by atoms with van der Waals surface area (Å²) in [6.07, 6.45) is 1.22. The quantitative estimate of drug-likeness (QED) is 0.392. The average molecular weight is 388 g/mol. The van der Waals surface area contributed by atoms with Gasteiger partial charge in [0.1, 0.15) is 12.4 Å². The van der Waals surface area contributed by atoms with E-state index in [0.29, 0.717) is 5.56 Å². The van der Waals surface area contributed by atoms with Crippen LogP contribution in [0.4, 0.5) is 10.1 Å². The highest BCUT2D eigenvalue weighted by molar-refractivity contribution is 6.39. The van der Waals surface area contributed by atoms with Gasteiger partial charge in [0.05, 0.1) is 25.0 Å². The summed E-state index contributed by atoms with van der Waals surface area (Å²) in [7, 11) is 1.36. The number of carbonyl (C=O) groups is 3. The lowest BCUT2D eigenvalue weighted by molar-refractivity contribution is -0.307. The van der Waals surface area contributed by atoms with Crippen molar-refractivity contribution in [3.8, 4) is 11.5 Å². The minimum Gasteiger partial charge on any atom is -0.546 e. The molecule has 9 nitrogen and oxygen atoms in total. The van der Waals surface area contributed by atoms with E-state index in [2.05, 4.69) is 10.4 Å². The summed E-state index contributed by atoms with van der Waals surface area (Å²) in [4.78, 5) is 33.9. The number of benzene rings is 2. The molecule has 10 heteroatoms. The van der Waals surface area contributed by atoms with Crippen LogP contribution in [0.25, 0.3) is 0 Å². The van der Waals surface area contributed by atoms with Crippen LogP contribution in [-0.2, 0) is 14.4 Å². The second-order valence-corrected chi connectivity index (χ2v) is 5.20. The molecular formula is C18H15FN3O6-. The lowest BCUT2D eigenvalue weighted by Crippen LogP contribution is -2.32. The van der Waals surface area contributed by atoms with Crippen LogP contribution in [0, 0.1) is 5.82 Å². The first-order chi connectivity index (χ1) is 13.4. The Balaban J connectivity index is 1.96. The summed E-state index contributed by atoms with van der Waals surface area (Å²) >= 11 is 0. The molecule has 0 radical (unpaired) electrons. The molecule has 0 saturated carbocycles. The highest BCUT2D eigenvalue weighted by Crippen LogP contribution is 2.27. The zero-order valence-electron chi connectivity index (χ0n) is 14.6. The van der Waals surface area contributed by atoms with Crippen LogP contribution in [0.5, 0.6) is 11.5 Å². The van der Waals surface area contributed by atoms with Gasteiger partial charge in [-0.1, -0.05) is 12.1 Å². The van der Waals surface area contributed by atoms with Crippen LogP contribution in [0.2, 0.25) is 0 Å². The van der Waals surface area contributed by atoms with Crippen LogP contribution in [-0.4, -0.2) is 37.7 Å². The van der Waals surface area contributed by atoms with Gasteiger partial charge in [0, 0.05) is 0 Å². The van der Waals surface area contributed by atoms with E-state index in [4.69, 9.17) is 9.47 Å². The zero-order valence-corrected chi connectivity index (χ0v) is 14.6. The Morgan fingerprint density at radius 1 is 1.14 bits per heavy atom. The van der Waals surface area contributed by atoms with Crippen molar-refractivity contribution >= 4 is 29.7 Å². The summed E-state index contributed by atoms with van der Waals surface area (Å²) in [6, 6.07) is 9.82. The molecule has 0 spiro atoms. The molecule has 2 N–H and O–H groups in total. The summed E-state index contributed by atoms with van der Waals surface area (Å²) in [5.74, 6) is -3.85. The number of amides is 2. The fourth-order valence-corrected chi connectivity index (χ4v) is 1.98. The lowest BCUT2D eigenvalue weighted by Gasteiger charge is -2.11. The maximum absolute atomic E-state index is 13.5. The minimum absolute atomic E-state index is 0.136. The van der Waals surface area contributed by atoms with E-state index in [1.54, 1.807) is 0 Å². The molecule has 2 aromatic rings. The zero-order chi connectivity index (χ0) is 20.5. The van der Waals surface area contributed by atoms with Crippen molar-refractivity contribution in [3.63, 3.8) is 0 Å². The Morgan fingerprint density at radius 2 is 1.89 bits per heavy atom. The number of carboxylic acids is 1. The van der Waals surface area contributed by atoms with Crippen molar-refractivity contribution in [2.45, 2.75) is 0 Å². The van der Waals surface area contributed by atoms with Gasteiger partial charge in [-0.3, -0.25) is 9.59 Å². The molecule has 2 rings (SSSR count). The van der Waals surface area contributed by atoms with Gasteiger partial charge >= 0.3 is 11.8 Å². The van der Waals surface area contributed by atoms with Crippen molar-refractivity contribution in [1.82, 2.24) is 5.43 Å². The molecule has 0 aliphatic heterocycles. The number of halogens is 1. The summed E-state index contributed by atoms with van der Waals surface area (Å²) in [5.41, 5.74) is 2.33. The maximum atomic E-state index is 13.5. The van der Waals surface area contributed by atoms with Crippen molar-refractivity contribution in [1.29, 1.82) is 0 Å². The molecular weight excluding hydrogens is 373 g/mol. The Morgan fingerprint density at radius 3 is 2.57 bits per heavy atom. The summed E-state index contributed by atoms with van der Waals surface area (Å²) in [6.45, 7) is -0.642. The molecule has 0 saturated heterocycles. The van der Waals surface area contributed by atoms with Gasteiger partial charge in [0.15, 0.2) is 11.5 Å². The second kappa shape index (κ2) is 9.67. The Kier molecular flexibility index (Phi) is 7.03. The fourth-order valence-electron chi connectivity index (χ4n) is 1.98. The van der Waals surface area contributed by atoms with Crippen molar-refractivity contribution in [2.24, 2.45) is 5.10 Å². The number of aliphatic carboxylic acids is 1. The number of rotatable bonds is 7. The van der Waals surface area contributed by atoms with Gasteiger partial charge in [0.2, 0.25) is 0 Å². The van der Waals surface area contributed by atoms with Gasteiger partial charge in [-0.15, -0.1) is 0 Å². The Bertz CT molecular complexity index is 916. The number of carbonyl (C=O) groups excluding carboxylic acids is 3. The maximum Gasteiger partial charge on any atom is 0.329 e. The second-order valence-electron chi connectivity index (χ2n) is 5.20. The van der Waals surface area contributed by atoms with Crippen LogP contribution < -0.4 is 25.3 Å². The number of hydrogen-bond donors (Lipinski definition) is 2. The van der Waals surface area contributed by atoms with E-state index < -0.39 is 30.2 Å². The lowest BCUT2D eigenvalue weighted by atomic mass is 10.2. The number of methoxy groups -OCH3 is 1. The fraction of sp³-hybridized carbons (Fsp3) is 0.111. The normalized spacial score (nSPS) is 10.4. The number of para-hydroxylation sites is 1. The molecule has 0 aliphatic carbocycles. The topological polar surface area (TPSA) is 129 Å². The number of anilines is 1. The summed E-state index contributed by atoms with van der Waals surface area (Å²) < 4.78 is 23.5. The van der Waals surface area contributed by atoms with Gasteiger partial charge < -0.3 is 24.7 Å². The monoisotopic (exact) mass is 388 g/mol. The van der Waals surface area contributed by atoms with Crippen molar-refractivity contribution in [2.75, 3.05) is 19.0 Å². The Hall–Kier alpha value is -3.95. The molecule has 0 fully saturated rings. The van der Waals surface area contributed by atoms with E-state index in [9.17, 15) is 23.9 Å². The highest BCUT2D eigenvalue weighted by atomic mass is 19.1. The molecule has 0 atom stereocenters. The average Bonchev–Trinajstić information content (AvgIpc) is 2.68. The first-order valence-corrected chi connectivity index (χ1v) is 7.80. The van der Waals surface area contributed by atoms with E-state index in [-0.39, 0.29) is 17.2 Å². The molecule has 0 bridgehead atoms. The number of carboxylic acid groups (broad SMARTS) is 1. The third-order valence-corrected chi connectivity index (χ3v) is 3.24. The first-order valence-electron chi connectivity index (χ1n) is 7.80. The van der Waals surface area contributed by atoms with Gasteiger partial charge in [0.25, 0.3) is 0 Å². The third-order valence-electron chi connectivity index (χ3n) is 3.24. The molecule has 28 heavy (non-hydrogen) atoms. The van der Waals surface area contributed by atoms with Gasteiger partial charge in [-0.2, -0.15) is 5.10 Å². The predicted molar refractivity (Wildman–Crippen MR) is 94.3 cm³/mol. The number of hydrazone groups is 1. The van der Waals surface area contributed by atoms with Gasteiger partial charge in [-0.25, -0.2) is 9.82 Å². The first kappa shape index (κ1) is 20.4. The molecule has 0 aromatic heterocycles. The number of nitrogens with one attached hydrogen (secondary N) is 2. The van der Waals surface area contributed by atoms with Crippen LogP contribution in [0.3, 0.4) is 0 Å². The molecule has 0 aliphatic rings. The van der Waals surface area contributed by atoms with Crippen molar-refractivity contribution in [3.05, 3.63) is 53.8 Å². The van der Waals surface area contributed by atoms with Gasteiger partial charge in [-0.05, 0) is 35.9 Å². The molecule has 0 heterocycles. The number of ether oxygens (including phenoxy) is 2. The summed E-state index contributed by atoms with van der Waals surface area (Å²) in [5, 5.41) is 16.2. The predicted octanol–water partition coefficient (Wildman–Crippen LogP) is 0.0518. The molecule has 0 unspecified atom stereocenters. The van der Waals surface area contributed by atoms with E-state index in [0.717, 1.165) is 6.07 Å². The SMILES string of the molecule is COc1cc(/C=N\NC(=O)C(=O)Nc2ccccc2F)ccc1OCC(=O)[O-]. The number of nitrogens with zero attached hydrogens (tertiary/aromatic N) is 1. The third kappa shape index (κ3) is 5.80. The largest absolute Gasteiger partial charge is 0.546 e. The Labute approximate surface area is 158 Å². The van der Waals surface area contributed by atoms with E-state index >= 15 is 0 Å². The molecule has 2 aromatic carbocycles. The smallest absolute Gasteiger partial charge is 0.329 e. The van der Waals surface area contributed by atoms with Crippen LogP contribution in [0.15, 0.2) is 47.6 Å². The van der Waals surface area contributed by atoms with Crippen LogP contribution in [0.1, 0.15) is 5.56 Å². The van der Waals surface area contributed by atoms with Crippen molar-refractivity contribution < 1.29 is 33.4 Å². The highest BCUT2D eigenvalue weighted by Gasteiger charge is 2.14.